The van der Waals surface area contributed by atoms with E-state index >= 15 is 0 Å². The number of fused-ring (bicyclic) bond motifs is 1. The number of carbonyl (C=O) groups is 1. The maximum Gasteiger partial charge on any atom is 0.173 e. The van der Waals surface area contributed by atoms with E-state index in [0.717, 1.165) is 43.4 Å². The summed E-state index contributed by atoms with van der Waals surface area (Å²) in [5.74, 6) is 1.13. The Morgan fingerprint density at radius 2 is 1.90 bits per heavy atom. The minimum absolute atomic E-state index is 0.0712. The van der Waals surface area contributed by atoms with E-state index in [1.165, 1.54) is 17.3 Å². The van der Waals surface area contributed by atoms with Gasteiger partial charge in [-0.2, -0.15) is 0 Å². The Morgan fingerprint density at radius 1 is 1.07 bits per heavy atom. The summed E-state index contributed by atoms with van der Waals surface area (Å²) < 4.78 is 6.31. The summed E-state index contributed by atoms with van der Waals surface area (Å²) in [6, 6.07) is 13.6. The summed E-state index contributed by atoms with van der Waals surface area (Å²) in [4.78, 5) is 17.4. The maximum atomic E-state index is 12.7. The van der Waals surface area contributed by atoms with Gasteiger partial charge >= 0.3 is 0 Å². The molecule has 7 heteroatoms. The van der Waals surface area contributed by atoms with Crippen LogP contribution in [0.5, 0.6) is 5.75 Å². The number of benzene rings is 2. The Morgan fingerprint density at radius 3 is 2.67 bits per heavy atom. The number of ketones is 1. The van der Waals surface area contributed by atoms with Gasteiger partial charge in [0, 0.05) is 11.1 Å². The van der Waals surface area contributed by atoms with Crippen molar-refractivity contribution in [2.24, 2.45) is 0 Å². The molecular formula is C23H21N3O2S2. The van der Waals surface area contributed by atoms with Gasteiger partial charge in [0.25, 0.3) is 0 Å². The molecule has 0 aliphatic rings. The minimum atomic E-state index is 0.0712. The molecule has 5 nitrogen and oxygen atoms in total. The number of hydrogen-bond acceptors (Lipinski definition) is 7. The number of Topliss-reactive ketones (excluding diaryl/α,β-unsaturated/α-hetero) is 1. The van der Waals surface area contributed by atoms with Crippen LogP contribution in [-0.4, -0.2) is 33.8 Å². The highest BCUT2D eigenvalue weighted by Crippen LogP contribution is 2.36. The largest absolute Gasteiger partial charge is 0.497 e. The molecule has 0 N–H and O–H groups in total. The number of methoxy groups -OCH3 is 1. The number of hydrogen-bond donors (Lipinski definition) is 0. The molecule has 0 spiro atoms. The summed E-state index contributed by atoms with van der Waals surface area (Å²) in [5.41, 5.74) is 5.52. The first kappa shape index (κ1) is 20.5. The van der Waals surface area contributed by atoms with E-state index in [1.807, 2.05) is 63.2 Å². The normalized spacial score (nSPS) is 11.1. The lowest BCUT2D eigenvalue weighted by atomic mass is 10.0. The summed E-state index contributed by atoms with van der Waals surface area (Å²) >= 11 is 2.97. The summed E-state index contributed by atoms with van der Waals surface area (Å²) in [5, 5.41) is 10.5. The Hall–Kier alpha value is -2.77. The van der Waals surface area contributed by atoms with Crippen molar-refractivity contribution in [1.82, 2.24) is 15.2 Å². The highest BCUT2D eigenvalue weighted by atomic mass is 32.2. The molecule has 0 fully saturated rings. The smallest absolute Gasteiger partial charge is 0.173 e. The Balaban J connectivity index is 1.64. The quantitative estimate of drug-likeness (QED) is 0.287. The monoisotopic (exact) mass is 435 g/mol. The zero-order valence-corrected chi connectivity index (χ0v) is 18.9. The third-order valence-electron chi connectivity index (χ3n) is 4.90. The van der Waals surface area contributed by atoms with Gasteiger partial charge in [-0.1, -0.05) is 36.0 Å². The van der Waals surface area contributed by atoms with E-state index in [0.29, 0.717) is 10.8 Å². The highest BCUT2D eigenvalue weighted by Gasteiger charge is 2.18. The number of ether oxygens (including phenoxy) is 1. The van der Waals surface area contributed by atoms with Crippen molar-refractivity contribution in [1.29, 1.82) is 0 Å². The van der Waals surface area contributed by atoms with Crippen LogP contribution in [0.15, 0.2) is 47.5 Å². The predicted octanol–water partition coefficient (Wildman–Crippen LogP) is 5.66. The number of nitrogens with zero attached hydrogens (tertiary/aromatic N) is 3. The first-order valence-electron chi connectivity index (χ1n) is 9.47. The molecule has 4 aromatic rings. The fourth-order valence-electron chi connectivity index (χ4n) is 3.11. The summed E-state index contributed by atoms with van der Waals surface area (Å²) in [7, 11) is 1.64. The summed E-state index contributed by atoms with van der Waals surface area (Å²) in [6.45, 7) is 6.03. The van der Waals surface area contributed by atoms with Gasteiger partial charge in [0.05, 0.1) is 22.6 Å². The van der Waals surface area contributed by atoms with E-state index in [1.54, 1.807) is 18.4 Å². The third kappa shape index (κ3) is 4.08. The van der Waals surface area contributed by atoms with Crippen molar-refractivity contribution >= 4 is 39.1 Å². The molecule has 2 aromatic heterocycles. The van der Waals surface area contributed by atoms with Gasteiger partial charge in [-0.15, -0.1) is 21.5 Å². The van der Waals surface area contributed by atoms with Gasteiger partial charge in [0.1, 0.15) is 22.0 Å². The van der Waals surface area contributed by atoms with E-state index in [2.05, 4.69) is 15.2 Å². The van der Waals surface area contributed by atoms with Crippen molar-refractivity contribution < 1.29 is 9.53 Å². The van der Waals surface area contributed by atoms with E-state index < -0.39 is 0 Å². The van der Waals surface area contributed by atoms with Crippen molar-refractivity contribution in [3.63, 3.8) is 0 Å². The van der Waals surface area contributed by atoms with Crippen LogP contribution in [-0.2, 0) is 0 Å². The first-order chi connectivity index (χ1) is 14.5. The average molecular weight is 436 g/mol. The lowest BCUT2D eigenvalue weighted by Crippen LogP contribution is -2.04. The van der Waals surface area contributed by atoms with Crippen molar-refractivity contribution in [3.8, 4) is 17.0 Å². The second-order valence-electron chi connectivity index (χ2n) is 7.01. The molecule has 0 aliphatic heterocycles. The lowest BCUT2D eigenvalue weighted by Gasteiger charge is -2.07. The molecule has 4 rings (SSSR count). The topological polar surface area (TPSA) is 65.0 Å². The molecule has 30 heavy (non-hydrogen) atoms. The highest BCUT2D eigenvalue weighted by molar-refractivity contribution is 8.00. The van der Waals surface area contributed by atoms with Crippen LogP contribution in [0, 0.1) is 20.8 Å². The SMILES string of the molecule is COc1cccc(-c2nnc(SCC(=O)c3ccc(C)c(C)c3)c3nc(C)sc23)c1. The molecular weight excluding hydrogens is 414 g/mol. The Bertz CT molecular complexity index is 1250. The number of carbonyl (C=O) groups excluding carboxylic acids is 1. The van der Waals surface area contributed by atoms with Gasteiger partial charge < -0.3 is 4.74 Å². The second-order valence-corrected chi connectivity index (χ2v) is 9.17. The van der Waals surface area contributed by atoms with Gasteiger partial charge in [0.2, 0.25) is 0 Å². The van der Waals surface area contributed by atoms with E-state index in [9.17, 15) is 4.79 Å². The van der Waals surface area contributed by atoms with Crippen LogP contribution in [0.1, 0.15) is 26.5 Å². The van der Waals surface area contributed by atoms with Crippen LogP contribution in [0.2, 0.25) is 0 Å². The lowest BCUT2D eigenvalue weighted by molar-refractivity contribution is 0.102. The van der Waals surface area contributed by atoms with Crippen LogP contribution in [0.4, 0.5) is 0 Å². The molecule has 0 saturated heterocycles. The number of thioether (sulfide) groups is 1. The molecule has 0 amide bonds. The zero-order valence-electron chi connectivity index (χ0n) is 17.2. The Labute approximate surface area is 183 Å². The fourth-order valence-corrected chi connectivity index (χ4v) is 4.92. The fraction of sp³-hybridized carbons (Fsp3) is 0.217. The number of thiazole rings is 1. The van der Waals surface area contributed by atoms with Crippen molar-refractivity contribution in [2.75, 3.05) is 12.9 Å². The van der Waals surface area contributed by atoms with Crippen LogP contribution >= 0.6 is 23.1 Å². The van der Waals surface area contributed by atoms with E-state index in [-0.39, 0.29) is 5.78 Å². The van der Waals surface area contributed by atoms with Crippen LogP contribution in [0.3, 0.4) is 0 Å². The van der Waals surface area contributed by atoms with Gasteiger partial charge in [-0.3, -0.25) is 4.79 Å². The number of aryl methyl sites for hydroxylation is 3. The Kier molecular flexibility index (Phi) is 5.83. The predicted molar refractivity (Wildman–Crippen MR) is 123 cm³/mol. The zero-order chi connectivity index (χ0) is 21.3. The van der Waals surface area contributed by atoms with Crippen LogP contribution in [0.25, 0.3) is 21.5 Å². The molecule has 0 atom stereocenters. The molecule has 0 bridgehead atoms. The minimum Gasteiger partial charge on any atom is -0.497 e. The van der Waals surface area contributed by atoms with Gasteiger partial charge in [-0.05, 0) is 50.1 Å². The standard InChI is InChI=1S/C23H21N3O2S2/c1-13-8-9-16(10-14(13)2)19(27)12-29-23-21-22(30-15(3)24-21)20(25-26-23)17-6-5-7-18(11-17)28-4/h5-11H,12H2,1-4H3. The van der Waals surface area contributed by atoms with Gasteiger partial charge in [-0.25, -0.2) is 4.98 Å². The molecule has 2 heterocycles. The first-order valence-corrected chi connectivity index (χ1v) is 11.3. The molecule has 0 radical (unpaired) electrons. The number of rotatable bonds is 6. The van der Waals surface area contributed by atoms with Crippen molar-refractivity contribution in [2.45, 2.75) is 25.8 Å². The second kappa shape index (κ2) is 8.53. The molecule has 0 aliphatic carbocycles. The van der Waals surface area contributed by atoms with Crippen molar-refractivity contribution in [3.05, 3.63) is 64.2 Å². The van der Waals surface area contributed by atoms with Gasteiger partial charge in [0.15, 0.2) is 5.78 Å². The molecule has 0 saturated carbocycles. The maximum absolute atomic E-state index is 12.7. The number of aromatic nitrogens is 3. The molecule has 152 valence electrons. The molecule has 2 aromatic carbocycles. The summed E-state index contributed by atoms with van der Waals surface area (Å²) in [6.07, 6.45) is 0. The molecule has 0 unspecified atom stereocenters. The third-order valence-corrected chi connectivity index (χ3v) is 6.84. The average Bonchev–Trinajstić information content (AvgIpc) is 3.15. The van der Waals surface area contributed by atoms with Crippen LogP contribution < -0.4 is 4.74 Å². The van der Waals surface area contributed by atoms with E-state index in [4.69, 9.17) is 4.74 Å².